The van der Waals surface area contributed by atoms with E-state index in [2.05, 4.69) is 0 Å². The van der Waals surface area contributed by atoms with E-state index >= 15 is 0 Å². The maximum Gasteiger partial charge on any atom is 0.107 e. The normalized spacial score (nSPS) is 41.7. The lowest BCUT2D eigenvalue weighted by atomic mass is 10.0. The highest BCUT2D eigenvalue weighted by Gasteiger charge is 2.26. The average molecular weight is 146 g/mol. The van der Waals surface area contributed by atoms with Gasteiger partial charge in [-0.15, -0.1) is 0 Å². The monoisotopic (exact) mass is 146 g/mol. The van der Waals surface area contributed by atoms with Gasteiger partial charge in [0.05, 0.1) is 18.8 Å². The molecule has 1 saturated heterocycles. The second-order valence-corrected chi connectivity index (χ2v) is 2.81. The minimum absolute atomic E-state index is 0.0779. The van der Waals surface area contributed by atoms with Crippen LogP contribution in [0.15, 0.2) is 0 Å². The Balaban J connectivity index is 2.38. The van der Waals surface area contributed by atoms with Crippen LogP contribution in [0.2, 0.25) is 0 Å². The maximum atomic E-state index is 9.20. The number of hydrogen-bond acceptors (Lipinski definition) is 3. The standard InChI is InChI=1S/C7H14O3/c1-5-2-3-6(9)7(4-8)10-5/h5-9H,2-4H2,1H3. The zero-order valence-corrected chi connectivity index (χ0v) is 6.16. The zero-order chi connectivity index (χ0) is 7.56. The summed E-state index contributed by atoms with van der Waals surface area (Å²) in [6.07, 6.45) is 0.981. The first-order chi connectivity index (χ1) is 4.74. The van der Waals surface area contributed by atoms with Crippen molar-refractivity contribution >= 4 is 0 Å². The van der Waals surface area contributed by atoms with Gasteiger partial charge in [0.1, 0.15) is 6.10 Å². The average Bonchev–Trinajstić information content (AvgIpc) is 1.94. The smallest absolute Gasteiger partial charge is 0.107 e. The second-order valence-electron chi connectivity index (χ2n) is 2.81. The van der Waals surface area contributed by atoms with Crippen LogP contribution in [0.25, 0.3) is 0 Å². The molecule has 3 nitrogen and oxygen atoms in total. The Hall–Kier alpha value is -0.120. The van der Waals surface area contributed by atoms with E-state index in [1.165, 1.54) is 0 Å². The van der Waals surface area contributed by atoms with Crippen LogP contribution in [0.5, 0.6) is 0 Å². The van der Waals surface area contributed by atoms with E-state index in [0.29, 0.717) is 0 Å². The third kappa shape index (κ3) is 1.68. The van der Waals surface area contributed by atoms with Crippen LogP contribution >= 0.6 is 0 Å². The van der Waals surface area contributed by atoms with Gasteiger partial charge in [0, 0.05) is 0 Å². The van der Waals surface area contributed by atoms with Crippen LogP contribution in [-0.4, -0.2) is 35.1 Å². The number of aliphatic hydroxyl groups is 2. The molecule has 3 atom stereocenters. The quantitative estimate of drug-likeness (QED) is 0.543. The van der Waals surface area contributed by atoms with Gasteiger partial charge in [-0.2, -0.15) is 0 Å². The lowest BCUT2D eigenvalue weighted by Gasteiger charge is -2.30. The van der Waals surface area contributed by atoms with Crippen molar-refractivity contribution < 1.29 is 14.9 Å². The summed E-state index contributed by atoms with van der Waals surface area (Å²) in [6, 6.07) is 0. The first kappa shape index (κ1) is 7.98. The molecule has 0 amide bonds. The lowest BCUT2D eigenvalue weighted by molar-refractivity contribution is -0.127. The molecule has 1 aliphatic rings. The van der Waals surface area contributed by atoms with Crippen LogP contribution in [0.4, 0.5) is 0 Å². The van der Waals surface area contributed by atoms with Crippen LogP contribution in [-0.2, 0) is 4.74 Å². The van der Waals surface area contributed by atoms with Crippen molar-refractivity contribution in [2.45, 2.75) is 38.1 Å². The van der Waals surface area contributed by atoms with Crippen LogP contribution in [0, 0.1) is 0 Å². The summed E-state index contributed by atoms with van der Waals surface area (Å²) < 4.78 is 5.25. The minimum atomic E-state index is -0.471. The molecule has 60 valence electrons. The molecule has 0 aromatic carbocycles. The summed E-state index contributed by atoms with van der Waals surface area (Å²) in [5, 5.41) is 17.9. The zero-order valence-electron chi connectivity index (χ0n) is 6.16. The lowest BCUT2D eigenvalue weighted by Crippen LogP contribution is -2.39. The highest BCUT2D eigenvalue weighted by atomic mass is 16.5. The molecule has 10 heavy (non-hydrogen) atoms. The first-order valence-electron chi connectivity index (χ1n) is 3.68. The Labute approximate surface area is 60.6 Å². The summed E-state index contributed by atoms with van der Waals surface area (Å²) >= 11 is 0. The van der Waals surface area contributed by atoms with E-state index < -0.39 is 6.10 Å². The minimum Gasteiger partial charge on any atom is -0.394 e. The highest BCUT2D eigenvalue weighted by molar-refractivity contribution is 4.75. The molecule has 1 fully saturated rings. The Kier molecular flexibility index (Phi) is 2.65. The molecule has 1 aliphatic heterocycles. The van der Waals surface area contributed by atoms with Crippen molar-refractivity contribution in [3.63, 3.8) is 0 Å². The van der Waals surface area contributed by atoms with Crippen molar-refractivity contribution in [1.82, 2.24) is 0 Å². The third-order valence-electron chi connectivity index (χ3n) is 1.89. The topological polar surface area (TPSA) is 49.7 Å². The van der Waals surface area contributed by atoms with Gasteiger partial charge >= 0.3 is 0 Å². The summed E-state index contributed by atoms with van der Waals surface area (Å²) in [5.74, 6) is 0. The molecule has 1 rings (SSSR count). The predicted molar refractivity (Wildman–Crippen MR) is 36.7 cm³/mol. The van der Waals surface area contributed by atoms with Gasteiger partial charge in [-0.25, -0.2) is 0 Å². The Morgan fingerprint density at radius 1 is 1.50 bits per heavy atom. The van der Waals surface area contributed by atoms with E-state index in [9.17, 15) is 5.11 Å². The molecule has 3 heteroatoms. The number of ether oxygens (including phenoxy) is 1. The van der Waals surface area contributed by atoms with Gasteiger partial charge in [0.2, 0.25) is 0 Å². The van der Waals surface area contributed by atoms with E-state index in [0.717, 1.165) is 12.8 Å². The first-order valence-corrected chi connectivity index (χ1v) is 3.68. The molecular weight excluding hydrogens is 132 g/mol. The molecule has 0 radical (unpaired) electrons. The van der Waals surface area contributed by atoms with Gasteiger partial charge in [0.25, 0.3) is 0 Å². The molecule has 1 heterocycles. The molecule has 0 spiro atoms. The van der Waals surface area contributed by atoms with Crippen molar-refractivity contribution in [3.05, 3.63) is 0 Å². The second kappa shape index (κ2) is 3.32. The van der Waals surface area contributed by atoms with Gasteiger partial charge in [-0.05, 0) is 19.8 Å². The molecule has 0 bridgehead atoms. The summed E-state index contributed by atoms with van der Waals surface area (Å²) in [7, 11) is 0. The molecule has 0 aromatic heterocycles. The van der Waals surface area contributed by atoms with Crippen molar-refractivity contribution in [1.29, 1.82) is 0 Å². The van der Waals surface area contributed by atoms with Crippen molar-refractivity contribution in [2.75, 3.05) is 6.61 Å². The van der Waals surface area contributed by atoms with E-state index in [4.69, 9.17) is 9.84 Å². The summed E-state index contributed by atoms with van der Waals surface area (Å²) in [6.45, 7) is 1.88. The molecule has 0 saturated carbocycles. The predicted octanol–water partition coefficient (Wildman–Crippen LogP) is -0.0929. The Morgan fingerprint density at radius 2 is 2.20 bits per heavy atom. The van der Waals surface area contributed by atoms with E-state index in [1.54, 1.807) is 0 Å². The largest absolute Gasteiger partial charge is 0.394 e. The molecule has 3 unspecified atom stereocenters. The van der Waals surface area contributed by atoms with Crippen molar-refractivity contribution in [2.24, 2.45) is 0 Å². The molecule has 2 N–H and O–H groups in total. The maximum absolute atomic E-state index is 9.20. The number of rotatable bonds is 1. The van der Waals surface area contributed by atoms with Gasteiger partial charge < -0.3 is 14.9 Å². The fourth-order valence-corrected chi connectivity index (χ4v) is 1.21. The van der Waals surface area contributed by atoms with Crippen LogP contribution in [0.3, 0.4) is 0 Å². The van der Waals surface area contributed by atoms with Crippen LogP contribution in [0.1, 0.15) is 19.8 Å². The SMILES string of the molecule is CC1CCC(O)C(CO)O1. The van der Waals surface area contributed by atoms with E-state index in [-0.39, 0.29) is 18.8 Å². The van der Waals surface area contributed by atoms with E-state index in [1.807, 2.05) is 6.92 Å². The van der Waals surface area contributed by atoms with Gasteiger partial charge in [-0.3, -0.25) is 0 Å². The van der Waals surface area contributed by atoms with Crippen molar-refractivity contribution in [3.8, 4) is 0 Å². The molecule has 0 aliphatic carbocycles. The van der Waals surface area contributed by atoms with Crippen LogP contribution < -0.4 is 0 Å². The summed E-state index contributed by atoms with van der Waals surface area (Å²) in [4.78, 5) is 0. The number of hydrogen-bond donors (Lipinski definition) is 2. The number of aliphatic hydroxyl groups excluding tert-OH is 2. The molecule has 0 aromatic rings. The highest BCUT2D eigenvalue weighted by Crippen LogP contribution is 2.18. The fraction of sp³-hybridized carbons (Fsp3) is 1.00. The Morgan fingerprint density at radius 3 is 2.70 bits per heavy atom. The third-order valence-corrected chi connectivity index (χ3v) is 1.89. The fourth-order valence-electron chi connectivity index (χ4n) is 1.21. The van der Waals surface area contributed by atoms with Gasteiger partial charge in [-0.1, -0.05) is 0 Å². The Bertz CT molecular complexity index is 105. The molecular formula is C7H14O3. The summed E-state index contributed by atoms with van der Waals surface area (Å²) in [5.41, 5.74) is 0. The van der Waals surface area contributed by atoms with Gasteiger partial charge in [0.15, 0.2) is 0 Å².